The zero-order valence-electron chi connectivity index (χ0n) is 27.8. The summed E-state index contributed by atoms with van der Waals surface area (Å²) in [6.45, 7) is 3.79. The topological polar surface area (TPSA) is 196 Å². The highest BCUT2D eigenvalue weighted by molar-refractivity contribution is 7.39. The monoisotopic (exact) mass is 704 g/mol. The van der Waals surface area contributed by atoms with Gasteiger partial charge in [-0.15, -0.1) is 0 Å². The van der Waals surface area contributed by atoms with Gasteiger partial charge >= 0.3 is 24.5 Å². The molecule has 0 radical (unpaired) electrons. The van der Waals surface area contributed by atoms with E-state index in [1.54, 1.807) is 26.2 Å². The Balaban J connectivity index is 1.60. The van der Waals surface area contributed by atoms with Crippen LogP contribution in [-0.2, 0) is 42.4 Å². The summed E-state index contributed by atoms with van der Waals surface area (Å²) in [6, 6.07) is 9.17. The van der Waals surface area contributed by atoms with Gasteiger partial charge in [0.25, 0.3) is 5.91 Å². The fourth-order valence-corrected chi connectivity index (χ4v) is 6.22. The van der Waals surface area contributed by atoms with Gasteiger partial charge < -0.3 is 39.0 Å². The first-order valence-corrected chi connectivity index (χ1v) is 17.3. The van der Waals surface area contributed by atoms with Gasteiger partial charge in [0.15, 0.2) is 5.82 Å². The number of piperazine rings is 1. The Hall–Kier alpha value is -4.60. The molecule has 0 aliphatic carbocycles. The molecule has 3 amide bonds. The number of anilines is 1. The normalized spacial score (nSPS) is 17.3. The van der Waals surface area contributed by atoms with Crippen molar-refractivity contribution in [3.63, 3.8) is 0 Å². The number of rotatable bonds is 13. The Morgan fingerprint density at radius 1 is 0.959 bits per heavy atom. The molecule has 0 saturated carbocycles. The van der Waals surface area contributed by atoms with Crippen molar-refractivity contribution >= 4 is 43.7 Å². The van der Waals surface area contributed by atoms with Crippen molar-refractivity contribution in [1.82, 2.24) is 25.1 Å². The van der Waals surface area contributed by atoms with Crippen LogP contribution in [0.4, 0.5) is 10.6 Å². The summed E-state index contributed by atoms with van der Waals surface area (Å²) in [7, 11) is -1.67. The van der Waals surface area contributed by atoms with Crippen LogP contribution in [0.15, 0.2) is 36.4 Å². The minimum absolute atomic E-state index is 0.0147. The van der Waals surface area contributed by atoms with Gasteiger partial charge in [0, 0.05) is 71.9 Å². The number of amides is 3. The van der Waals surface area contributed by atoms with E-state index in [9.17, 15) is 28.5 Å². The molecule has 1 aromatic carbocycles. The average molecular weight is 705 g/mol. The second-order valence-corrected chi connectivity index (χ2v) is 12.5. The Morgan fingerprint density at radius 3 is 2.20 bits per heavy atom. The lowest BCUT2D eigenvalue weighted by molar-refractivity contribution is -0.231. The average Bonchev–Trinajstić information content (AvgIpc) is 3.57. The van der Waals surface area contributed by atoms with Crippen LogP contribution in [0.25, 0.3) is 11.4 Å². The van der Waals surface area contributed by atoms with Gasteiger partial charge in [0.05, 0.1) is 18.9 Å². The standard InChI is InChI=1S/C31H41N6O11P/c1-5-45-30(42)36-15-13-35(14-16-36)29(41)25(19-49(43)48-31(46-20(2)38)47-21(3)39)33-28(40)24-17-26(37-12-11-23(18-37)44-4)34-27(32-24)22-9-7-6-8-10-22/h6-10,17,23,25,31,49H,5,11-16,18-19H2,1-4H3,(H,33,40)/t23-,25-/m0/s1. The smallest absolute Gasteiger partial charge is 0.409 e. The number of carbonyl (C=O) groups excluding carboxylic acids is 5. The Bertz CT molecular complexity index is 1510. The number of methoxy groups -OCH3 is 1. The predicted molar refractivity (Wildman–Crippen MR) is 174 cm³/mol. The van der Waals surface area contributed by atoms with E-state index in [2.05, 4.69) is 10.3 Å². The van der Waals surface area contributed by atoms with Crippen LogP contribution < -0.4 is 10.2 Å². The van der Waals surface area contributed by atoms with E-state index in [1.165, 1.54) is 15.9 Å². The van der Waals surface area contributed by atoms with Crippen molar-refractivity contribution in [1.29, 1.82) is 0 Å². The van der Waals surface area contributed by atoms with E-state index in [1.807, 2.05) is 23.1 Å². The molecule has 17 nitrogen and oxygen atoms in total. The molecule has 1 aromatic heterocycles. The van der Waals surface area contributed by atoms with Gasteiger partial charge in [-0.2, -0.15) is 0 Å². The third-order valence-corrected chi connectivity index (χ3v) is 8.82. The number of aromatic nitrogens is 2. The van der Waals surface area contributed by atoms with Crippen LogP contribution in [0.3, 0.4) is 0 Å². The van der Waals surface area contributed by atoms with E-state index in [4.69, 9.17) is 28.5 Å². The third-order valence-electron chi connectivity index (χ3n) is 7.62. The molecule has 1 N–H and O–H groups in total. The molecule has 0 bridgehead atoms. The van der Waals surface area contributed by atoms with E-state index in [0.29, 0.717) is 24.5 Å². The fraction of sp³-hybridized carbons (Fsp3) is 0.516. The number of ether oxygens (including phenoxy) is 4. The summed E-state index contributed by atoms with van der Waals surface area (Å²) in [5, 5.41) is 2.65. The number of nitrogens with zero attached hydrogens (tertiary/aromatic N) is 5. The highest BCUT2D eigenvalue weighted by Gasteiger charge is 2.34. The van der Waals surface area contributed by atoms with Gasteiger partial charge in [-0.1, -0.05) is 30.3 Å². The second kappa shape index (κ2) is 17.7. The molecule has 3 atom stereocenters. The second-order valence-electron chi connectivity index (χ2n) is 11.1. The maximum atomic E-state index is 13.9. The van der Waals surface area contributed by atoms with Crippen LogP contribution >= 0.6 is 8.03 Å². The molecule has 18 heteroatoms. The fourth-order valence-electron chi connectivity index (χ4n) is 5.20. The van der Waals surface area contributed by atoms with Gasteiger partial charge in [-0.05, 0) is 13.3 Å². The predicted octanol–water partition coefficient (Wildman–Crippen LogP) is 1.67. The number of nitrogens with one attached hydrogen (secondary N) is 1. The Morgan fingerprint density at radius 2 is 1.61 bits per heavy atom. The van der Waals surface area contributed by atoms with Crippen molar-refractivity contribution < 1.29 is 52.0 Å². The lowest BCUT2D eigenvalue weighted by Crippen LogP contribution is -2.56. The van der Waals surface area contributed by atoms with Gasteiger partial charge in [0.2, 0.25) is 13.9 Å². The molecular weight excluding hydrogens is 663 g/mol. The number of esters is 2. The quantitative estimate of drug-likeness (QED) is 0.180. The zero-order chi connectivity index (χ0) is 35.5. The van der Waals surface area contributed by atoms with Crippen molar-refractivity contribution in [3.8, 4) is 11.4 Å². The van der Waals surface area contributed by atoms with Gasteiger partial charge in [-0.3, -0.25) is 28.3 Å². The highest BCUT2D eigenvalue weighted by atomic mass is 31.1. The molecule has 2 aromatic rings. The summed E-state index contributed by atoms with van der Waals surface area (Å²) in [4.78, 5) is 77.0. The van der Waals surface area contributed by atoms with Crippen molar-refractivity contribution in [2.45, 2.75) is 45.8 Å². The van der Waals surface area contributed by atoms with Crippen LogP contribution in [0.1, 0.15) is 37.7 Å². The summed E-state index contributed by atoms with van der Waals surface area (Å²) in [5.74, 6) is -2.33. The molecule has 0 spiro atoms. The summed E-state index contributed by atoms with van der Waals surface area (Å²) in [5.41, 5.74) is 0.612. The molecule has 2 aliphatic rings. The number of benzene rings is 1. The molecular formula is C31H41N6O11P. The van der Waals surface area contributed by atoms with E-state index < -0.39 is 56.6 Å². The molecule has 2 saturated heterocycles. The van der Waals surface area contributed by atoms with Crippen LogP contribution in [0.2, 0.25) is 0 Å². The van der Waals surface area contributed by atoms with Crippen molar-refractivity contribution in [3.05, 3.63) is 42.1 Å². The molecule has 3 heterocycles. The summed E-state index contributed by atoms with van der Waals surface area (Å²) < 4.78 is 38.6. The van der Waals surface area contributed by atoms with Gasteiger partial charge in [-0.25, -0.2) is 14.8 Å². The van der Waals surface area contributed by atoms with E-state index in [0.717, 1.165) is 20.3 Å². The molecule has 2 aliphatic heterocycles. The molecule has 266 valence electrons. The largest absolute Gasteiger partial charge is 0.450 e. The minimum Gasteiger partial charge on any atom is -0.450 e. The Labute approximate surface area is 284 Å². The first-order valence-electron chi connectivity index (χ1n) is 15.7. The van der Waals surface area contributed by atoms with Crippen molar-refractivity contribution in [2.75, 3.05) is 64.0 Å². The summed E-state index contributed by atoms with van der Waals surface area (Å²) >= 11 is 0. The van der Waals surface area contributed by atoms with E-state index >= 15 is 0 Å². The highest BCUT2D eigenvalue weighted by Crippen LogP contribution is 2.28. The van der Waals surface area contributed by atoms with Crippen LogP contribution in [0, 0.1) is 0 Å². The summed E-state index contributed by atoms with van der Waals surface area (Å²) in [6.07, 6.45) is -0.307. The first-order chi connectivity index (χ1) is 23.5. The SMILES string of the molecule is CCOC(=O)N1CCN(C(=O)[C@H](C[PH](=O)OC(OC(C)=O)OC(C)=O)NC(=O)c2cc(N3CC[C@H](OC)C3)nc(-c3ccccc3)n2)CC1. The molecule has 1 unspecified atom stereocenters. The third kappa shape index (κ3) is 10.7. The van der Waals surface area contributed by atoms with E-state index in [-0.39, 0.29) is 50.4 Å². The minimum atomic E-state index is -3.30. The number of carbonyl (C=O) groups is 5. The lowest BCUT2D eigenvalue weighted by Gasteiger charge is -2.36. The van der Waals surface area contributed by atoms with Crippen LogP contribution in [-0.4, -0.2) is 127 Å². The zero-order valence-corrected chi connectivity index (χ0v) is 28.8. The molecule has 4 rings (SSSR count). The molecule has 2 fully saturated rings. The van der Waals surface area contributed by atoms with Crippen molar-refractivity contribution in [2.24, 2.45) is 0 Å². The molecule has 49 heavy (non-hydrogen) atoms. The first kappa shape index (κ1) is 37.2. The Kier molecular flexibility index (Phi) is 13.4. The lowest BCUT2D eigenvalue weighted by atomic mass is 10.2. The number of hydrogen-bond acceptors (Lipinski definition) is 14. The maximum Gasteiger partial charge on any atom is 0.409 e. The number of hydrogen-bond donors (Lipinski definition) is 1. The van der Waals surface area contributed by atoms with Crippen LogP contribution in [0.5, 0.6) is 0 Å². The maximum absolute atomic E-state index is 13.9. The van der Waals surface area contributed by atoms with Gasteiger partial charge in [0.1, 0.15) is 17.6 Å².